The highest BCUT2D eigenvalue weighted by atomic mass is 32.2. The summed E-state index contributed by atoms with van der Waals surface area (Å²) in [6.45, 7) is 1.45. The average Bonchev–Trinajstić information content (AvgIpc) is 3.42. The van der Waals surface area contributed by atoms with Gasteiger partial charge in [-0.15, -0.1) is 10.2 Å². The van der Waals surface area contributed by atoms with Crippen molar-refractivity contribution in [1.82, 2.24) is 14.8 Å². The van der Waals surface area contributed by atoms with Gasteiger partial charge in [0, 0.05) is 24.2 Å². The largest absolute Gasteiger partial charge is 0.461 e. The van der Waals surface area contributed by atoms with Crippen LogP contribution in [0, 0.1) is 0 Å². The predicted octanol–water partition coefficient (Wildman–Crippen LogP) is 4.98. The van der Waals surface area contributed by atoms with Gasteiger partial charge in [-0.25, -0.2) is 0 Å². The molecule has 0 saturated heterocycles. The molecule has 0 aliphatic heterocycles. The van der Waals surface area contributed by atoms with Gasteiger partial charge < -0.3 is 9.73 Å². The van der Waals surface area contributed by atoms with Crippen molar-refractivity contribution in [2.45, 2.75) is 50.2 Å². The van der Waals surface area contributed by atoms with Crippen LogP contribution in [0.5, 0.6) is 0 Å². The van der Waals surface area contributed by atoms with E-state index in [-0.39, 0.29) is 17.4 Å². The van der Waals surface area contributed by atoms with Gasteiger partial charge in [-0.2, -0.15) is 0 Å². The van der Waals surface area contributed by atoms with Crippen LogP contribution in [-0.2, 0) is 4.79 Å². The molecule has 7 nitrogen and oxygen atoms in total. The molecular formula is C22H24N4O3S. The van der Waals surface area contributed by atoms with Crippen molar-refractivity contribution in [3.05, 3.63) is 48.2 Å². The number of carbonyl (C=O) groups excluding carboxylic acids is 2. The lowest BCUT2D eigenvalue weighted by atomic mass is 9.95. The van der Waals surface area contributed by atoms with E-state index in [1.807, 2.05) is 12.1 Å². The monoisotopic (exact) mass is 424 g/mol. The zero-order valence-corrected chi connectivity index (χ0v) is 17.7. The van der Waals surface area contributed by atoms with Gasteiger partial charge in [0.15, 0.2) is 16.7 Å². The Hall–Kier alpha value is -2.87. The van der Waals surface area contributed by atoms with E-state index in [1.165, 1.54) is 37.9 Å². The molecule has 1 N–H and O–H groups in total. The smallest absolute Gasteiger partial charge is 0.221 e. The highest BCUT2D eigenvalue weighted by molar-refractivity contribution is 7.99. The Morgan fingerprint density at radius 3 is 2.57 bits per heavy atom. The van der Waals surface area contributed by atoms with E-state index in [4.69, 9.17) is 4.42 Å². The molecule has 1 aromatic carbocycles. The SMILES string of the molecule is CC(=O)Nc1ccc(C(=O)CSc2nnc(-c3ccco3)n2C2CCCCC2)cc1. The molecule has 1 saturated carbocycles. The number of anilines is 1. The maximum absolute atomic E-state index is 12.7. The van der Waals surface area contributed by atoms with Gasteiger partial charge in [0.05, 0.1) is 12.0 Å². The molecule has 156 valence electrons. The van der Waals surface area contributed by atoms with Crippen LogP contribution in [0.15, 0.2) is 52.2 Å². The maximum atomic E-state index is 12.7. The molecule has 2 heterocycles. The lowest BCUT2D eigenvalue weighted by Gasteiger charge is -2.25. The summed E-state index contributed by atoms with van der Waals surface area (Å²) in [6, 6.07) is 11.0. The van der Waals surface area contributed by atoms with E-state index in [9.17, 15) is 9.59 Å². The van der Waals surface area contributed by atoms with E-state index in [2.05, 4.69) is 20.1 Å². The van der Waals surface area contributed by atoms with Crippen LogP contribution in [0.3, 0.4) is 0 Å². The predicted molar refractivity (Wildman–Crippen MR) is 116 cm³/mol. The third-order valence-electron chi connectivity index (χ3n) is 5.21. The number of rotatable bonds is 7. The molecule has 0 atom stereocenters. The zero-order valence-electron chi connectivity index (χ0n) is 16.8. The highest BCUT2D eigenvalue weighted by Gasteiger charge is 2.25. The summed E-state index contributed by atoms with van der Waals surface area (Å²) in [7, 11) is 0. The van der Waals surface area contributed by atoms with Crippen LogP contribution in [0.2, 0.25) is 0 Å². The van der Waals surface area contributed by atoms with Gasteiger partial charge in [-0.1, -0.05) is 31.0 Å². The number of nitrogens with zero attached hydrogens (tertiary/aromatic N) is 3. The molecule has 4 rings (SSSR count). The first-order chi connectivity index (χ1) is 14.6. The maximum Gasteiger partial charge on any atom is 0.221 e. The van der Waals surface area contributed by atoms with E-state index in [1.54, 1.807) is 30.5 Å². The molecule has 0 spiro atoms. The van der Waals surface area contributed by atoms with Gasteiger partial charge >= 0.3 is 0 Å². The summed E-state index contributed by atoms with van der Waals surface area (Å²) < 4.78 is 7.72. The summed E-state index contributed by atoms with van der Waals surface area (Å²) in [4.78, 5) is 23.8. The molecule has 1 aliphatic rings. The Balaban J connectivity index is 1.50. The third kappa shape index (κ3) is 4.64. The van der Waals surface area contributed by atoms with Crippen LogP contribution in [0.25, 0.3) is 11.6 Å². The van der Waals surface area contributed by atoms with Crippen LogP contribution in [0.1, 0.15) is 55.4 Å². The van der Waals surface area contributed by atoms with Crippen molar-refractivity contribution in [3.8, 4) is 11.6 Å². The number of furan rings is 1. The number of ketones is 1. The second-order valence-electron chi connectivity index (χ2n) is 7.42. The van der Waals surface area contributed by atoms with Crippen molar-refractivity contribution in [1.29, 1.82) is 0 Å². The third-order valence-corrected chi connectivity index (χ3v) is 6.15. The fourth-order valence-electron chi connectivity index (χ4n) is 3.77. The van der Waals surface area contributed by atoms with Crippen molar-refractivity contribution in [2.75, 3.05) is 11.1 Å². The Morgan fingerprint density at radius 1 is 1.13 bits per heavy atom. The molecular weight excluding hydrogens is 400 g/mol. The summed E-state index contributed by atoms with van der Waals surface area (Å²) in [5, 5.41) is 12.2. The number of amides is 1. The molecule has 1 amide bonds. The quantitative estimate of drug-likeness (QED) is 0.425. The zero-order chi connectivity index (χ0) is 20.9. The second-order valence-corrected chi connectivity index (χ2v) is 8.36. The molecule has 0 bridgehead atoms. The minimum absolute atomic E-state index is 0.00659. The van der Waals surface area contributed by atoms with E-state index >= 15 is 0 Å². The number of carbonyl (C=O) groups is 2. The Morgan fingerprint density at radius 2 is 1.90 bits per heavy atom. The number of thioether (sulfide) groups is 1. The van der Waals surface area contributed by atoms with E-state index < -0.39 is 0 Å². The van der Waals surface area contributed by atoms with Crippen molar-refractivity contribution < 1.29 is 14.0 Å². The molecule has 1 aliphatic carbocycles. The Bertz CT molecular complexity index is 1010. The minimum atomic E-state index is -0.140. The number of benzene rings is 1. The summed E-state index contributed by atoms with van der Waals surface area (Å²) in [5.74, 6) is 1.55. The van der Waals surface area contributed by atoms with Crippen LogP contribution in [0.4, 0.5) is 5.69 Å². The molecule has 8 heteroatoms. The molecule has 3 aromatic rings. The minimum Gasteiger partial charge on any atom is -0.461 e. The first-order valence-electron chi connectivity index (χ1n) is 10.1. The van der Waals surface area contributed by atoms with Gasteiger partial charge in [0.25, 0.3) is 0 Å². The normalized spacial score (nSPS) is 14.6. The molecule has 0 unspecified atom stereocenters. The van der Waals surface area contributed by atoms with Gasteiger partial charge in [-0.05, 0) is 49.2 Å². The fourth-order valence-corrected chi connectivity index (χ4v) is 4.67. The topological polar surface area (TPSA) is 90.0 Å². The Labute approximate surface area is 179 Å². The number of Topliss-reactive ketones (excluding diaryl/α,β-unsaturated/α-hetero) is 1. The standard InChI is InChI=1S/C22H24N4O3S/c1-15(27)23-17-11-9-16(10-12-17)19(28)14-30-22-25-24-21(20-8-5-13-29-20)26(22)18-6-3-2-4-7-18/h5,8-13,18H,2-4,6-7,14H2,1H3,(H,23,27). The summed E-state index contributed by atoms with van der Waals surface area (Å²) in [6.07, 6.45) is 7.42. The van der Waals surface area contributed by atoms with Crippen LogP contribution >= 0.6 is 11.8 Å². The van der Waals surface area contributed by atoms with Gasteiger partial charge in [-0.3, -0.25) is 14.2 Å². The average molecular weight is 425 g/mol. The van der Waals surface area contributed by atoms with E-state index in [0.29, 0.717) is 23.1 Å². The van der Waals surface area contributed by atoms with Gasteiger partial charge in [0.2, 0.25) is 11.7 Å². The molecule has 30 heavy (non-hydrogen) atoms. The number of hydrogen-bond donors (Lipinski definition) is 1. The van der Waals surface area contributed by atoms with Crippen LogP contribution in [-0.4, -0.2) is 32.2 Å². The van der Waals surface area contributed by atoms with Gasteiger partial charge in [0.1, 0.15) is 0 Å². The fraction of sp³-hybridized carbons (Fsp3) is 0.364. The number of nitrogens with one attached hydrogen (secondary N) is 1. The second kappa shape index (κ2) is 9.30. The first kappa shape index (κ1) is 20.4. The van der Waals surface area contributed by atoms with Crippen molar-refractivity contribution >= 4 is 29.1 Å². The summed E-state index contributed by atoms with van der Waals surface area (Å²) in [5.41, 5.74) is 1.28. The van der Waals surface area contributed by atoms with Crippen LogP contribution < -0.4 is 5.32 Å². The first-order valence-corrected chi connectivity index (χ1v) is 11.1. The lowest BCUT2D eigenvalue weighted by molar-refractivity contribution is -0.114. The highest BCUT2D eigenvalue weighted by Crippen LogP contribution is 2.35. The number of aromatic nitrogens is 3. The summed E-state index contributed by atoms with van der Waals surface area (Å²) >= 11 is 1.40. The molecule has 1 fully saturated rings. The van der Waals surface area contributed by atoms with E-state index in [0.717, 1.165) is 23.8 Å². The lowest BCUT2D eigenvalue weighted by Crippen LogP contribution is -2.15. The van der Waals surface area contributed by atoms with Crippen molar-refractivity contribution in [2.24, 2.45) is 0 Å². The molecule has 2 aromatic heterocycles. The Kier molecular flexibility index (Phi) is 6.32. The molecule has 0 radical (unpaired) electrons. The number of hydrogen-bond acceptors (Lipinski definition) is 6. The van der Waals surface area contributed by atoms with Crippen molar-refractivity contribution in [3.63, 3.8) is 0 Å².